The predicted octanol–water partition coefficient (Wildman–Crippen LogP) is 1.07. The molecule has 3 rings (SSSR count). The highest BCUT2D eigenvalue weighted by atomic mass is 35.5. The van der Waals surface area contributed by atoms with E-state index in [0.29, 0.717) is 13.1 Å². The maximum atomic E-state index is 11.0. The summed E-state index contributed by atoms with van der Waals surface area (Å²) < 4.78 is 28.8. The van der Waals surface area contributed by atoms with Crippen LogP contribution in [0.3, 0.4) is 0 Å². The van der Waals surface area contributed by atoms with Crippen LogP contribution in [0, 0.1) is 5.92 Å². The SMILES string of the molecule is Cl.[2H]C1(OC(C)=O)C2CCN(CC2)C1([2H])[2H]. The topological polar surface area (TPSA) is 29.5 Å². The number of halogens is 1. The van der Waals surface area contributed by atoms with E-state index in [1.165, 1.54) is 6.92 Å². The molecule has 76 valence electrons. The van der Waals surface area contributed by atoms with Crippen molar-refractivity contribution in [2.75, 3.05) is 19.6 Å². The van der Waals surface area contributed by atoms with Crippen LogP contribution in [0.1, 0.15) is 23.9 Å². The highest BCUT2D eigenvalue weighted by Gasteiger charge is 2.35. The van der Waals surface area contributed by atoms with Crippen molar-refractivity contribution in [2.45, 2.75) is 25.8 Å². The van der Waals surface area contributed by atoms with Crippen LogP contribution in [-0.2, 0) is 9.53 Å². The number of hydrogen-bond donors (Lipinski definition) is 0. The molecule has 0 radical (unpaired) electrons. The third kappa shape index (κ3) is 2.35. The first kappa shape index (κ1) is 7.07. The zero-order valence-corrected chi connectivity index (χ0v) is 8.39. The van der Waals surface area contributed by atoms with Crippen LogP contribution in [0.25, 0.3) is 0 Å². The number of rotatable bonds is 1. The maximum Gasteiger partial charge on any atom is 0.302 e. The van der Waals surface area contributed by atoms with Crippen molar-refractivity contribution < 1.29 is 13.6 Å². The first-order valence-corrected chi connectivity index (χ1v) is 4.32. The van der Waals surface area contributed by atoms with Gasteiger partial charge in [0.05, 0.1) is 1.37 Å². The Labute approximate surface area is 89.1 Å². The summed E-state index contributed by atoms with van der Waals surface area (Å²) in [5.41, 5.74) is 0. The number of carbonyl (C=O) groups excluding carboxylic acids is 1. The van der Waals surface area contributed by atoms with Gasteiger partial charge in [-0.1, -0.05) is 0 Å². The highest BCUT2D eigenvalue weighted by molar-refractivity contribution is 5.85. The minimum absolute atomic E-state index is 0. The zero-order chi connectivity index (χ0) is 11.3. The molecule has 0 aliphatic carbocycles. The normalized spacial score (nSPS) is 49.5. The Balaban J connectivity index is 0.00000128. The maximum absolute atomic E-state index is 11.0. The number of nitrogens with zero attached hydrogens (tertiary/aromatic N) is 1. The summed E-state index contributed by atoms with van der Waals surface area (Å²) in [5.74, 6) is -0.760. The van der Waals surface area contributed by atoms with E-state index in [1.807, 2.05) is 0 Å². The van der Waals surface area contributed by atoms with Gasteiger partial charge >= 0.3 is 5.97 Å². The second-order valence-corrected chi connectivity index (χ2v) is 3.33. The van der Waals surface area contributed by atoms with Gasteiger partial charge in [0.2, 0.25) is 0 Å². The summed E-state index contributed by atoms with van der Waals surface area (Å²) in [7, 11) is 0. The molecule has 0 aromatic carbocycles. The number of esters is 1. The molecule has 2 bridgehead atoms. The summed E-state index contributed by atoms with van der Waals surface area (Å²) in [6, 6.07) is 0. The monoisotopic (exact) mass is 208 g/mol. The molecular formula is C9H16ClNO2. The molecule has 3 nitrogen and oxygen atoms in total. The molecule has 3 aliphatic rings. The van der Waals surface area contributed by atoms with Gasteiger partial charge < -0.3 is 4.74 Å². The Morgan fingerprint density at radius 3 is 2.69 bits per heavy atom. The lowest BCUT2D eigenvalue weighted by Crippen LogP contribution is -2.51. The van der Waals surface area contributed by atoms with Gasteiger partial charge in [-0.15, -0.1) is 12.4 Å². The summed E-state index contributed by atoms with van der Waals surface area (Å²) in [5, 5.41) is 0. The van der Waals surface area contributed by atoms with Crippen molar-refractivity contribution in [3.8, 4) is 0 Å². The van der Waals surface area contributed by atoms with Crippen molar-refractivity contribution in [3.63, 3.8) is 0 Å². The van der Waals surface area contributed by atoms with Gasteiger partial charge in [-0.05, 0) is 31.8 Å². The third-order valence-electron chi connectivity index (χ3n) is 2.39. The fourth-order valence-corrected chi connectivity index (χ4v) is 1.76. The van der Waals surface area contributed by atoms with Gasteiger partial charge in [0.1, 0.15) is 6.08 Å². The number of fused-ring (bicyclic) bond motifs is 3. The molecule has 1 unspecified atom stereocenters. The molecule has 0 saturated carbocycles. The predicted molar refractivity (Wildman–Crippen MR) is 52.0 cm³/mol. The van der Waals surface area contributed by atoms with Crippen LogP contribution in [0.2, 0.25) is 0 Å². The average Bonchev–Trinajstić information content (AvgIpc) is 2.14. The third-order valence-corrected chi connectivity index (χ3v) is 2.39. The smallest absolute Gasteiger partial charge is 0.302 e. The van der Waals surface area contributed by atoms with E-state index in [1.54, 1.807) is 4.90 Å². The van der Waals surface area contributed by atoms with Crippen molar-refractivity contribution in [1.82, 2.24) is 4.90 Å². The number of hydrogen-bond acceptors (Lipinski definition) is 3. The number of piperidine rings is 3. The Morgan fingerprint density at radius 2 is 2.23 bits per heavy atom. The molecule has 0 amide bonds. The Morgan fingerprint density at radius 1 is 1.62 bits per heavy atom. The molecule has 1 atom stereocenters. The van der Waals surface area contributed by atoms with E-state index in [4.69, 9.17) is 8.85 Å². The lowest BCUT2D eigenvalue weighted by atomic mass is 9.86. The van der Waals surface area contributed by atoms with Crippen molar-refractivity contribution >= 4 is 18.4 Å². The van der Waals surface area contributed by atoms with Crippen LogP contribution in [0.5, 0.6) is 0 Å². The largest absolute Gasteiger partial charge is 0.461 e. The molecule has 13 heavy (non-hydrogen) atoms. The van der Waals surface area contributed by atoms with Gasteiger partial charge in [-0.3, -0.25) is 9.69 Å². The number of carbonyl (C=O) groups is 1. The molecule has 3 saturated heterocycles. The summed E-state index contributed by atoms with van der Waals surface area (Å²) in [4.78, 5) is 12.6. The molecule has 3 fully saturated rings. The minimum Gasteiger partial charge on any atom is -0.461 e. The minimum atomic E-state index is -1.86. The van der Waals surface area contributed by atoms with Gasteiger partial charge in [0.25, 0.3) is 0 Å². The van der Waals surface area contributed by atoms with Gasteiger partial charge in [0.15, 0.2) is 0 Å². The van der Waals surface area contributed by atoms with E-state index >= 15 is 0 Å². The lowest BCUT2D eigenvalue weighted by Gasteiger charge is -2.43. The molecule has 3 heterocycles. The fraction of sp³-hybridized carbons (Fsp3) is 0.889. The van der Waals surface area contributed by atoms with E-state index in [0.717, 1.165) is 12.8 Å². The first-order chi connectivity index (χ1) is 6.88. The molecule has 0 N–H and O–H groups in total. The molecule has 4 heteroatoms. The molecule has 0 spiro atoms. The summed E-state index contributed by atoms with van der Waals surface area (Å²) in [6.07, 6.45) is -0.262. The Kier molecular flexibility index (Phi) is 2.33. The van der Waals surface area contributed by atoms with Crippen LogP contribution < -0.4 is 0 Å². The van der Waals surface area contributed by atoms with Gasteiger partial charge in [0, 0.05) is 16.2 Å². The van der Waals surface area contributed by atoms with E-state index in [2.05, 4.69) is 0 Å². The molecule has 3 aliphatic heterocycles. The summed E-state index contributed by atoms with van der Waals surface area (Å²) in [6.45, 7) is 0.670. The number of ether oxygens (including phenoxy) is 1. The summed E-state index contributed by atoms with van der Waals surface area (Å²) >= 11 is 0. The average molecular weight is 209 g/mol. The van der Waals surface area contributed by atoms with Crippen molar-refractivity contribution in [3.05, 3.63) is 0 Å². The lowest BCUT2D eigenvalue weighted by molar-refractivity contribution is -0.156. The zero-order valence-electron chi connectivity index (χ0n) is 10.6. The van der Waals surface area contributed by atoms with Crippen LogP contribution in [0.4, 0.5) is 0 Å². The van der Waals surface area contributed by atoms with Crippen molar-refractivity contribution in [1.29, 1.82) is 0 Å². The second-order valence-electron chi connectivity index (χ2n) is 3.33. The fourth-order valence-electron chi connectivity index (χ4n) is 1.76. The first-order valence-electron chi connectivity index (χ1n) is 5.82. The van der Waals surface area contributed by atoms with Gasteiger partial charge in [-0.25, -0.2) is 0 Å². The quantitative estimate of drug-likeness (QED) is 0.604. The van der Waals surface area contributed by atoms with Crippen LogP contribution >= 0.6 is 12.4 Å². The molecular weight excluding hydrogens is 190 g/mol. The standard InChI is InChI=1S/C9H15NO2.ClH/c1-7(11)12-9-6-10-4-2-8(9)3-5-10;/h8-9H,2-6H2,1H3;1H/i6D2,9D;. The Hall–Kier alpha value is -0.280. The van der Waals surface area contributed by atoms with Crippen molar-refractivity contribution in [2.24, 2.45) is 5.92 Å². The van der Waals surface area contributed by atoms with E-state index in [-0.39, 0.29) is 18.3 Å². The highest BCUT2D eigenvalue weighted by Crippen LogP contribution is 2.29. The van der Waals surface area contributed by atoms with Crippen LogP contribution in [-0.4, -0.2) is 36.5 Å². The van der Waals surface area contributed by atoms with E-state index < -0.39 is 18.5 Å². The van der Waals surface area contributed by atoms with Gasteiger partial charge in [-0.2, -0.15) is 0 Å². The Bertz CT molecular complexity index is 294. The van der Waals surface area contributed by atoms with E-state index in [9.17, 15) is 4.79 Å². The van der Waals surface area contributed by atoms with Crippen LogP contribution in [0.15, 0.2) is 0 Å². The molecule has 0 aromatic heterocycles. The second kappa shape index (κ2) is 4.29. The molecule has 0 aromatic rings.